The molecule has 0 spiro atoms. The number of fused-ring (bicyclic) bond motifs is 1. The van der Waals surface area contributed by atoms with Crippen LogP contribution in [-0.4, -0.2) is 6.54 Å². The summed E-state index contributed by atoms with van der Waals surface area (Å²) in [6.07, 6.45) is 18.2. The number of hydrogen-bond donors (Lipinski definition) is 2. The lowest BCUT2D eigenvalue weighted by molar-refractivity contribution is 0.389. The zero-order valence-corrected chi connectivity index (χ0v) is 23.3. The van der Waals surface area contributed by atoms with Gasteiger partial charge in [0.1, 0.15) is 5.58 Å². The number of nitrogen functional groups attached to an aromatic ring is 1. The first-order valence-electron chi connectivity index (χ1n) is 14.1. The molecule has 0 aliphatic heterocycles. The number of furan rings is 1. The SMILES string of the molecule is C=C(C/C=C(\C)CCCC(C)CCCC(C)CCCC(C)C)NCCc1coc2ccc(N)cc12. The van der Waals surface area contributed by atoms with Gasteiger partial charge in [-0.15, -0.1) is 0 Å². The molecule has 1 aromatic carbocycles. The third-order valence-corrected chi connectivity index (χ3v) is 7.28. The van der Waals surface area contributed by atoms with Crippen molar-refractivity contribution in [3.05, 3.63) is 54.0 Å². The molecule has 0 amide bonds. The van der Waals surface area contributed by atoms with Gasteiger partial charge in [-0.3, -0.25) is 0 Å². The zero-order chi connectivity index (χ0) is 25.6. The van der Waals surface area contributed by atoms with Crippen molar-refractivity contribution >= 4 is 16.7 Å². The molecule has 196 valence electrons. The minimum atomic E-state index is 0.773. The van der Waals surface area contributed by atoms with E-state index in [1.54, 1.807) is 0 Å². The second-order valence-corrected chi connectivity index (χ2v) is 11.4. The normalized spacial score (nSPS) is 13.9. The molecule has 1 aromatic heterocycles. The van der Waals surface area contributed by atoms with Gasteiger partial charge in [0.2, 0.25) is 0 Å². The van der Waals surface area contributed by atoms with Gasteiger partial charge in [0, 0.05) is 35.3 Å². The van der Waals surface area contributed by atoms with Crippen LogP contribution in [0.2, 0.25) is 0 Å². The summed E-state index contributed by atoms with van der Waals surface area (Å²) >= 11 is 0. The molecule has 0 saturated heterocycles. The Balaban J connectivity index is 1.54. The molecule has 3 nitrogen and oxygen atoms in total. The summed E-state index contributed by atoms with van der Waals surface area (Å²) in [4.78, 5) is 0. The molecule has 1 heterocycles. The van der Waals surface area contributed by atoms with Crippen LogP contribution in [0.5, 0.6) is 0 Å². The van der Waals surface area contributed by atoms with Crippen molar-refractivity contribution in [1.29, 1.82) is 0 Å². The van der Waals surface area contributed by atoms with Crippen molar-refractivity contribution in [3.8, 4) is 0 Å². The summed E-state index contributed by atoms with van der Waals surface area (Å²) in [5.41, 5.74) is 11.3. The Hall–Kier alpha value is -2.16. The van der Waals surface area contributed by atoms with Crippen LogP contribution in [0.3, 0.4) is 0 Å². The highest BCUT2D eigenvalue weighted by Gasteiger charge is 2.08. The summed E-state index contributed by atoms with van der Waals surface area (Å²) in [6, 6.07) is 5.80. The Labute approximate surface area is 215 Å². The van der Waals surface area contributed by atoms with Crippen LogP contribution < -0.4 is 11.1 Å². The van der Waals surface area contributed by atoms with Gasteiger partial charge >= 0.3 is 0 Å². The quantitative estimate of drug-likeness (QED) is 0.165. The lowest BCUT2D eigenvalue weighted by atomic mass is 9.91. The van der Waals surface area contributed by atoms with Gasteiger partial charge < -0.3 is 15.5 Å². The topological polar surface area (TPSA) is 51.2 Å². The number of hydrogen-bond acceptors (Lipinski definition) is 3. The van der Waals surface area contributed by atoms with Crippen LogP contribution in [0.4, 0.5) is 5.69 Å². The molecule has 0 aliphatic carbocycles. The monoisotopic (exact) mass is 480 g/mol. The lowest BCUT2D eigenvalue weighted by Crippen LogP contribution is -2.15. The van der Waals surface area contributed by atoms with Crippen molar-refractivity contribution in [3.63, 3.8) is 0 Å². The Morgan fingerprint density at radius 2 is 1.66 bits per heavy atom. The molecule has 0 aliphatic rings. The van der Waals surface area contributed by atoms with Gasteiger partial charge in [-0.1, -0.05) is 90.9 Å². The molecular formula is C32H52N2O. The second-order valence-electron chi connectivity index (χ2n) is 11.4. The van der Waals surface area contributed by atoms with Gasteiger partial charge in [-0.25, -0.2) is 0 Å². The summed E-state index contributed by atoms with van der Waals surface area (Å²) < 4.78 is 5.63. The maximum Gasteiger partial charge on any atom is 0.134 e. The second kappa shape index (κ2) is 15.8. The van der Waals surface area contributed by atoms with Crippen LogP contribution in [-0.2, 0) is 6.42 Å². The summed E-state index contributed by atoms with van der Waals surface area (Å²) in [6.45, 7) is 16.9. The van der Waals surface area contributed by atoms with Crippen LogP contribution in [0, 0.1) is 17.8 Å². The molecule has 2 atom stereocenters. The molecule has 0 radical (unpaired) electrons. The van der Waals surface area contributed by atoms with Crippen LogP contribution >= 0.6 is 0 Å². The predicted molar refractivity (Wildman–Crippen MR) is 155 cm³/mol. The third-order valence-electron chi connectivity index (χ3n) is 7.28. The number of nitrogens with two attached hydrogens (primary N) is 1. The van der Waals surface area contributed by atoms with Gasteiger partial charge in [-0.05, 0) is 62.1 Å². The average Bonchev–Trinajstić information content (AvgIpc) is 3.19. The molecule has 0 fully saturated rings. The highest BCUT2D eigenvalue weighted by Crippen LogP contribution is 2.24. The Bertz CT molecular complexity index is 907. The van der Waals surface area contributed by atoms with Crippen molar-refractivity contribution in [2.24, 2.45) is 17.8 Å². The number of anilines is 1. The smallest absolute Gasteiger partial charge is 0.134 e. The fourth-order valence-electron chi connectivity index (χ4n) is 4.85. The standard InChI is InChI=1S/C32H52N2O/c1-24(2)10-7-11-25(3)12-8-13-26(4)14-9-15-27(5)16-17-28(6)34-21-20-29-23-35-32-19-18-30(33)22-31(29)32/h16,18-19,22-26,34H,6-15,17,20-21,33H2,1-5H3/b27-16+. The predicted octanol–water partition coefficient (Wildman–Crippen LogP) is 9.44. The first-order valence-corrected chi connectivity index (χ1v) is 14.1. The molecule has 35 heavy (non-hydrogen) atoms. The number of rotatable bonds is 18. The highest BCUT2D eigenvalue weighted by atomic mass is 16.3. The van der Waals surface area contributed by atoms with E-state index < -0.39 is 0 Å². The van der Waals surface area contributed by atoms with Crippen LogP contribution in [0.1, 0.15) is 104 Å². The van der Waals surface area contributed by atoms with E-state index in [0.29, 0.717) is 0 Å². The molecule has 3 heteroatoms. The maximum atomic E-state index is 5.92. The fourth-order valence-corrected chi connectivity index (χ4v) is 4.85. The first kappa shape index (κ1) is 29.1. The molecule has 2 aromatic rings. The number of allylic oxidation sites excluding steroid dienone is 2. The van der Waals surface area contributed by atoms with Crippen LogP contribution in [0.25, 0.3) is 11.0 Å². The number of benzene rings is 1. The van der Waals surface area contributed by atoms with E-state index in [1.807, 2.05) is 24.5 Å². The van der Waals surface area contributed by atoms with Gasteiger partial charge in [-0.2, -0.15) is 0 Å². The van der Waals surface area contributed by atoms with Gasteiger partial charge in [0.05, 0.1) is 6.26 Å². The third kappa shape index (κ3) is 11.9. The summed E-state index contributed by atoms with van der Waals surface area (Å²) in [5, 5.41) is 4.58. The molecule has 0 bridgehead atoms. The van der Waals surface area contributed by atoms with E-state index in [4.69, 9.17) is 10.2 Å². The van der Waals surface area contributed by atoms with E-state index >= 15 is 0 Å². The van der Waals surface area contributed by atoms with Crippen molar-refractivity contribution in [2.45, 2.75) is 105 Å². The van der Waals surface area contributed by atoms with Gasteiger partial charge in [0.15, 0.2) is 0 Å². The van der Waals surface area contributed by atoms with Crippen molar-refractivity contribution in [1.82, 2.24) is 5.32 Å². The van der Waals surface area contributed by atoms with Crippen LogP contribution in [0.15, 0.2) is 52.8 Å². The van der Waals surface area contributed by atoms with Crippen molar-refractivity contribution < 1.29 is 4.42 Å². The van der Waals surface area contributed by atoms with E-state index in [2.05, 4.69) is 52.6 Å². The molecular weight excluding hydrogens is 428 g/mol. The minimum Gasteiger partial charge on any atom is -0.464 e. The fraction of sp³-hybridized carbons (Fsp3) is 0.625. The Kier molecular flexibility index (Phi) is 13.1. The highest BCUT2D eigenvalue weighted by molar-refractivity contribution is 5.84. The summed E-state index contributed by atoms with van der Waals surface area (Å²) in [5.74, 6) is 2.59. The number of nitrogens with one attached hydrogen (secondary N) is 1. The van der Waals surface area contributed by atoms with Gasteiger partial charge in [0.25, 0.3) is 0 Å². The molecule has 2 rings (SSSR count). The van der Waals surface area contributed by atoms with E-state index in [-0.39, 0.29) is 0 Å². The van der Waals surface area contributed by atoms with Crippen molar-refractivity contribution in [2.75, 3.05) is 12.3 Å². The van der Waals surface area contributed by atoms with E-state index in [1.165, 1.54) is 68.9 Å². The Morgan fingerprint density at radius 3 is 2.34 bits per heavy atom. The lowest BCUT2D eigenvalue weighted by Gasteiger charge is -2.15. The molecule has 0 saturated carbocycles. The molecule has 3 N–H and O–H groups in total. The zero-order valence-electron chi connectivity index (χ0n) is 23.3. The largest absolute Gasteiger partial charge is 0.464 e. The maximum absolute atomic E-state index is 5.92. The van der Waals surface area contributed by atoms with E-state index in [9.17, 15) is 0 Å². The molecule has 2 unspecified atom stereocenters. The Morgan fingerprint density at radius 1 is 1.00 bits per heavy atom. The summed E-state index contributed by atoms with van der Waals surface area (Å²) in [7, 11) is 0. The minimum absolute atomic E-state index is 0.773. The van der Waals surface area contributed by atoms with E-state index in [0.717, 1.165) is 59.5 Å². The first-order chi connectivity index (χ1) is 16.7. The average molecular weight is 481 g/mol.